The minimum absolute atomic E-state index is 0.0514. The summed E-state index contributed by atoms with van der Waals surface area (Å²) in [4.78, 5) is 25.3. The van der Waals surface area contributed by atoms with Crippen LogP contribution in [-0.2, 0) is 14.3 Å². The summed E-state index contributed by atoms with van der Waals surface area (Å²) in [6.45, 7) is 3.23. The quantitative estimate of drug-likeness (QED) is 0.700. The van der Waals surface area contributed by atoms with Gasteiger partial charge in [-0.3, -0.25) is 14.5 Å². The molecule has 1 N–H and O–H groups in total. The lowest BCUT2D eigenvalue weighted by molar-refractivity contribution is -0.127. The standard InChI is InChI=1S/C14H26N2O3/c1-11(14(18)15-9-4-10-19-3)16(2)12-5-7-13(17)8-6-12/h11-12H,4-10H2,1-3H3,(H,15,18). The van der Waals surface area contributed by atoms with Gasteiger partial charge >= 0.3 is 0 Å². The molecule has 1 amide bonds. The van der Waals surface area contributed by atoms with E-state index in [0.29, 0.717) is 37.8 Å². The first-order valence-corrected chi connectivity index (χ1v) is 7.06. The van der Waals surface area contributed by atoms with Gasteiger partial charge in [0.15, 0.2) is 0 Å². The highest BCUT2D eigenvalue weighted by Gasteiger charge is 2.27. The highest BCUT2D eigenvalue weighted by atomic mass is 16.5. The van der Waals surface area contributed by atoms with Crippen molar-refractivity contribution >= 4 is 11.7 Å². The molecule has 0 saturated heterocycles. The Labute approximate surface area is 115 Å². The van der Waals surface area contributed by atoms with Crippen LogP contribution in [0.1, 0.15) is 39.0 Å². The zero-order valence-electron chi connectivity index (χ0n) is 12.3. The van der Waals surface area contributed by atoms with Gasteiger partial charge in [0.2, 0.25) is 5.91 Å². The maximum atomic E-state index is 12.0. The predicted molar refractivity (Wildman–Crippen MR) is 74.0 cm³/mol. The smallest absolute Gasteiger partial charge is 0.237 e. The van der Waals surface area contributed by atoms with Crippen LogP contribution < -0.4 is 5.32 Å². The van der Waals surface area contributed by atoms with E-state index in [0.717, 1.165) is 19.3 Å². The van der Waals surface area contributed by atoms with Crippen LogP contribution in [0.4, 0.5) is 0 Å². The van der Waals surface area contributed by atoms with Gasteiger partial charge in [0.1, 0.15) is 5.78 Å². The SMILES string of the molecule is COCCCNC(=O)C(C)N(C)C1CCC(=O)CC1. The van der Waals surface area contributed by atoms with E-state index >= 15 is 0 Å². The van der Waals surface area contributed by atoms with Crippen LogP contribution >= 0.6 is 0 Å². The molecule has 1 aliphatic carbocycles. The first kappa shape index (κ1) is 16.1. The summed E-state index contributed by atoms with van der Waals surface area (Å²) in [6.07, 6.45) is 3.87. The van der Waals surface area contributed by atoms with Gasteiger partial charge in [0, 0.05) is 39.1 Å². The lowest BCUT2D eigenvalue weighted by Crippen LogP contribution is -2.48. The molecule has 1 fully saturated rings. The minimum Gasteiger partial charge on any atom is -0.385 e. The minimum atomic E-state index is -0.152. The molecular weight excluding hydrogens is 244 g/mol. The molecule has 0 aromatic heterocycles. The van der Waals surface area contributed by atoms with Crippen molar-refractivity contribution in [2.24, 2.45) is 0 Å². The van der Waals surface area contributed by atoms with E-state index in [9.17, 15) is 9.59 Å². The number of hydrogen-bond donors (Lipinski definition) is 1. The molecule has 0 spiro atoms. The number of methoxy groups -OCH3 is 1. The Hall–Kier alpha value is -0.940. The molecule has 1 atom stereocenters. The zero-order valence-corrected chi connectivity index (χ0v) is 12.3. The van der Waals surface area contributed by atoms with Gasteiger partial charge in [-0.05, 0) is 33.2 Å². The Morgan fingerprint density at radius 3 is 2.68 bits per heavy atom. The molecule has 0 aromatic rings. The van der Waals surface area contributed by atoms with E-state index in [1.54, 1.807) is 7.11 Å². The molecule has 1 rings (SSSR count). The number of nitrogens with zero attached hydrogens (tertiary/aromatic N) is 1. The third-order valence-electron chi connectivity index (χ3n) is 3.90. The summed E-state index contributed by atoms with van der Waals surface area (Å²) >= 11 is 0. The van der Waals surface area contributed by atoms with Crippen LogP contribution in [0.3, 0.4) is 0 Å². The van der Waals surface area contributed by atoms with Crippen molar-refractivity contribution in [3.8, 4) is 0 Å². The fraction of sp³-hybridized carbons (Fsp3) is 0.857. The number of likely N-dealkylation sites (N-methyl/N-ethyl adjacent to an activating group) is 1. The second-order valence-corrected chi connectivity index (χ2v) is 5.25. The molecule has 110 valence electrons. The second kappa shape index (κ2) is 8.27. The molecule has 5 nitrogen and oxygen atoms in total. The lowest BCUT2D eigenvalue weighted by atomic mass is 9.92. The number of carbonyl (C=O) groups is 2. The molecule has 19 heavy (non-hydrogen) atoms. The first-order valence-electron chi connectivity index (χ1n) is 7.06. The number of amides is 1. The van der Waals surface area contributed by atoms with Crippen molar-refractivity contribution in [1.29, 1.82) is 0 Å². The fourth-order valence-corrected chi connectivity index (χ4v) is 2.41. The van der Waals surface area contributed by atoms with Crippen LogP contribution in [0.15, 0.2) is 0 Å². The van der Waals surface area contributed by atoms with Crippen LogP contribution in [-0.4, -0.2) is 56.0 Å². The fourth-order valence-electron chi connectivity index (χ4n) is 2.41. The average molecular weight is 270 g/mol. The molecular formula is C14H26N2O3. The summed E-state index contributed by atoms with van der Waals surface area (Å²) in [5.74, 6) is 0.400. The van der Waals surface area contributed by atoms with E-state index in [2.05, 4.69) is 10.2 Å². The van der Waals surface area contributed by atoms with E-state index in [1.165, 1.54) is 0 Å². The molecule has 0 heterocycles. The summed E-state index contributed by atoms with van der Waals surface area (Å²) in [5, 5.41) is 2.92. The van der Waals surface area contributed by atoms with Gasteiger partial charge in [0.25, 0.3) is 0 Å². The number of ketones is 1. The number of rotatable bonds is 7. The van der Waals surface area contributed by atoms with Gasteiger partial charge in [-0.25, -0.2) is 0 Å². The predicted octanol–water partition coefficient (Wildman–Crippen LogP) is 0.971. The van der Waals surface area contributed by atoms with E-state index < -0.39 is 0 Å². The Morgan fingerprint density at radius 1 is 1.47 bits per heavy atom. The van der Waals surface area contributed by atoms with Crippen molar-refractivity contribution in [3.63, 3.8) is 0 Å². The Morgan fingerprint density at radius 2 is 2.11 bits per heavy atom. The van der Waals surface area contributed by atoms with Gasteiger partial charge in [-0.15, -0.1) is 0 Å². The van der Waals surface area contributed by atoms with Gasteiger partial charge < -0.3 is 10.1 Å². The van der Waals surface area contributed by atoms with Gasteiger partial charge in [0.05, 0.1) is 6.04 Å². The van der Waals surface area contributed by atoms with Gasteiger partial charge in [-0.1, -0.05) is 0 Å². The Bertz CT molecular complexity index is 297. The normalized spacial score (nSPS) is 18.6. The van der Waals surface area contributed by atoms with Gasteiger partial charge in [-0.2, -0.15) is 0 Å². The van der Waals surface area contributed by atoms with Crippen molar-refractivity contribution in [1.82, 2.24) is 10.2 Å². The van der Waals surface area contributed by atoms with E-state index in [1.807, 2.05) is 14.0 Å². The molecule has 0 aliphatic heterocycles. The molecule has 0 bridgehead atoms. The second-order valence-electron chi connectivity index (χ2n) is 5.25. The molecule has 1 unspecified atom stereocenters. The highest BCUT2D eigenvalue weighted by molar-refractivity contribution is 5.81. The van der Waals surface area contributed by atoms with E-state index in [4.69, 9.17) is 4.74 Å². The van der Waals surface area contributed by atoms with Crippen LogP contribution in [0.25, 0.3) is 0 Å². The largest absolute Gasteiger partial charge is 0.385 e. The summed E-state index contributed by atoms with van der Waals surface area (Å²) in [5.41, 5.74) is 0. The summed E-state index contributed by atoms with van der Waals surface area (Å²) in [6, 6.07) is 0.193. The van der Waals surface area contributed by atoms with Crippen LogP contribution in [0.5, 0.6) is 0 Å². The summed E-state index contributed by atoms with van der Waals surface area (Å²) in [7, 11) is 3.63. The number of carbonyl (C=O) groups excluding carboxylic acids is 2. The van der Waals surface area contributed by atoms with Crippen LogP contribution in [0.2, 0.25) is 0 Å². The molecule has 0 radical (unpaired) electrons. The number of Topliss-reactive ketones (excluding diaryl/α,β-unsaturated/α-hetero) is 1. The highest BCUT2D eigenvalue weighted by Crippen LogP contribution is 2.20. The summed E-state index contributed by atoms with van der Waals surface area (Å²) < 4.78 is 4.94. The topological polar surface area (TPSA) is 58.6 Å². The van der Waals surface area contributed by atoms with E-state index in [-0.39, 0.29) is 11.9 Å². The zero-order chi connectivity index (χ0) is 14.3. The number of hydrogen-bond acceptors (Lipinski definition) is 4. The monoisotopic (exact) mass is 270 g/mol. The number of ether oxygens (including phenoxy) is 1. The van der Waals surface area contributed by atoms with Crippen molar-refractivity contribution in [2.45, 2.75) is 51.1 Å². The molecule has 0 aromatic carbocycles. The van der Waals surface area contributed by atoms with Crippen molar-refractivity contribution in [3.05, 3.63) is 0 Å². The molecule has 5 heteroatoms. The first-order chi connectivity index (χ1) is 9.06. The molecule has 1 saturated carbocycles. The Kier molecular flexibility index (Phi) is 7.02. The third kappa shape index (κ3) is 5.28. The maximum absolute atomic E-state index is 12.0. The maximum Gasteiger partial charge on any atom is 0.237 e. The Balaban J connectivity index is 2.32. The van der Waals surface area contributed by atoms with Crippen molar-refractivity contribution in [2.75, 3.05) is 27.3 Å². The molecule has 1 aliphatic rings. The number of nitrogens with one attached hydrogen (secondary N) is 1. The van der Waals surface area contributed by atoms with Crippen LogP contribution in [0, 0.1) is 0 Å². The lowest BCUT2D eigenvalue weighted by Gasteiger charge is -2.34. The third-order valence-corrected chi connectivity index (χ3v) is 3.90. The average Bonchev–Trinajstić information content (AvgIpc) is 2.42. The van der Waals surface area contributed by atoms with Crippen molar-refractivity contribution < 1.29 is 14.3 Å².